The maximum atomic E-state index is 12.3. The molecule has 1 aliphatic rings. The Labute approximate surface area is 175 Å². The van der Waals surface area contributed by atoms with Crippen LogP contribution in [0, 0.1) is 5.92 Å². The number of hydrogen-bond acceptors (Lipinski definition) is 2. The van der Waals surface area contributed by atoms with E-state index in [2.05, 4.69) is 19.9 Å². The van der Waals surface area contributed by atoms with Crippen LogP contribution in [0.5, 0.6) is 0 Å². The molecule has 0 saturated heterocycles. The molecule has 2 heteroatoms. The summed E-state index contributed by atoms with van der Waals surface area (Å²) >= 11 is 0. The molecule has 0 heterocycles. The van der Waals surface area contributed by atoms with E-state index in [-0.39, 0.29) is 5.97 Å². The largest absolute Gasteiger partial charge is 0.431 e. The van der Waals surface area contributed by atoms with Gasteiger partial charge in [0.05, 0.1) is 0 Å². The van der Waals surface area contributed by atoms with Crippen molar-refractivity contribution >= 4 is 5.97 Å². The molecule has 0 spiro atoms. The molecule has 0 bridgehead atoms. The van der Waals surface area contributed by atoms with Gasteiger partial charge in [0.1, 0.15) is 5.76 Å². The smallest absolute Gasteiger partial charge is 0.310 e. The SMILES string of the molecule is CCCCCCCCCC(=O)OC1=CC(C)CCCCCCCCCCCC1. The first-order valence-electron chi connectivity index (χ1n) is 12.6. The molecule has 1 rings (SSSR count). The molecule has 0 aromatic rings. The van der Waals surface area contributed by atoms with E-state index >= 15 is 0 Å². The van der Waals surface area contributed by atoms with Crippen LogP contribution in [-0.2, 0) is 9.53 Å². The molecular formula is C26H48O2. The van der Waals surface area contributed by atoms with Crippen molar-refractivity contribution in [3.8, 4) is 0 Å². The maximum Gasteiger partial charge on any atom is 0.310 e. The molecule has 0 N–H and O–H groups in total. The van der Waals surface area contributed by atoms with Crippen LogP contribution < -0.4 is 0 Å². The average Bonchev–Trinajstić information content (AvgIpc) is 2.68. The van der Waals surface area contributed by atoms with E-state index in [1.165, 1.54) is 96.3 Å². The summed E-state index contributed by atoms with van der Waals surface area (Å²) < 4.78 is 5.81. The lowest BCUT2D eigenvalue weighted by atomic mass is 10.0. The normalized spacial score (nSPS) is 20.6. The highest BCUT2D eigenvalue weighted by Gasteiger charge is 2.10. The second-order valence-electron chi connectivity index (χ2n) is 9.03. The molecule has 2 nitrogen and oxygen atoms in total. The molecule has 0 saturated carbocycles. The molecule has 0 aromatic heterocycles. The third-order valence-corrected chi connectivity index (χ3v) is 6.03. The quantitative estimate of drug-likeness (QED) is 0.289. The highest BCUT2D eigenvalue weighted by atomic mass is 16.5. The lowest BCUT2D eigenvalue weighted by Gasteiger charge is -2.13. The highest BCUT2D eigenvalue weighted by Crippen LogP contribution is 2.21. The zero-order valence-corrected chi connectivity index (χ0v) is 19.1. The molecule has 0 amide bonds. The van der Waals surface area contributed by atoms with Crippen molar-refractivity contribution < 1.29 is 9.53 Å². The van der Waals surface area contributed by atoms with Crippen LogP contribution in [0.4, 0.5) is 0 Å². The summed E-state index contributed by atoms with van der Waals surface area (Å²) in [5, 5.41) is 0. The maximum absolute atomic E-state index is 12.3. The molecule has 0 aliphatic heterocycles. The summed E-state index contributed by atoms with van der Waals surface area (Å²) in [4.78, 5) is 12.3. The molecular weight excluding hydrogens is 344 g/mol. The Balaban J connectivity index is 2.35. The lowest BCUT2D eigenvalue weighted by Crippen LogP contribution is -2.06. The van der Waals surface area contributed by atoms with Crippen LogP contribution in [0.2, 0.25) is 0 Å². The monoisotopic (exact) mass is 392 g/mol. The summed E-state index contributed by atoms with van der Waals surface area (Å²) in [5.74, 6) is 1.46. The standard InChI is InChI=1S/C26H48O2/c1-3-4-5-6-11-16-19-22-26(27)28-25-21-18-15-13-10-8-7-9-12-14-17-20-24(2)23-25/h23-24H,3-22H2,1-2H3. The van der Waals surface area contributed by atoms with Gasteiger partial charge >= 0.3 is 5.97 Å². The van der Waals surface area contributed by atoms with Gasteiger partial charge in [-0.15, -0.1) is 0 Å². The summed E-state index contributed by atoms with van der Waals surface area (Å²) in [6, 6.07) is 0. The Bertz CT molecular complexity index is 399. The zero-order chi connectivity index (χ0) is 20.3. The van der Waals surface area contributed by atoms with Gasteiger partial charge in [-0.2, -0.15) is 0 Å². The van der Waals surface area contributed by atoms with Gasteiger partial charge in [0.25, 0.3) is 0 Å². The minimum absolute atomic E-state index is 0.00933. The number of hydrogen-bond donors (Lipinski definition) is 0. The molecule has 0 fully saturated rings. The number of carbonyl (C=O) groups is 1. The fraction of sp³-hybridized carbons (Fsp3) is 0.885. The van der Waals surface area contributed by atoms with Gasteiger partial charge in [0.2, 0.25) is 0 Å². The first-order chi connectivity index (χ1) is 13.7. The number of carbonyl (C=O) groups excluding carboxylic acids is 1. The third kappa shape index (κ3) is 15.2. The zero-order valence-electron chi connectivity index (χ0n) is 19.1. The van der Waals surface area contributed by atoms with Gasteiger partial charge in [-0.05, 0) is 31.3 Å². The van der Waals surface area contributed by atoms with E-state index in [0.717, 1.165) is 31.4 Å². The van der Waals surface area contributed by atoms with Crippen LogP contribution in [-0.4, -0.2) is 5.97 Å². The second-order valence-corrected chi connectivity index (χ2v) is 9.03. The molecule has 1 aliphatic carbocycles. The fourth-order valence-electron chi connectivity index (χ4n) is 4.17. The van der Waals surface area contributed by atoms with Gasteiger partial charge in [0.15, 0.2) is 0 Å². The van der Waals surface area contributed by atoms with E-state index in [4.69, 9.17) is 4.74 Å². The van der Waals surface area contributed by atoms with Gasteiger partial charge in [0, 0.05) is 12.8 Å². The summed E-state index contributed by atoms with van der Waals surface area (Å²) in [6.45, 7) is 4.53. The minimum Gasteiger partial charge on any atom is -0.431 e. The Kier molecular flexibility index (Phi) is 16.5. The summed E-state index contributed by atoms with van der Waals surface area (Å²) in [7, 11) is 0. The Morgan fingerprint density at radius 1 is 0.821 bits per heavy atom. The van der Waals surface area contributed by atoms with Crippen LogP contribution in [0.25, 0.3) is 0 Å². The number of esters is 1. The highest BCUT2D eigenvalue weighted by molar-refractivity contribution is 5.70. The Morgan fingerprint density at radius 3 is 2.00 bits per heavy atom. The van der Waals surface area contributed by atoms with Crippen LogP contribution in [0.15, 0.2) is 11.8 Å². The predicted octanol–water partition coefficient (Wildman–Crippen LogP) is 8.89. The molecule has 1 atom stereocenters. The second kappa shape index (κ2) is 18.3. The topological polar surface area (TPSA) is 26.3 Å². The molecule has 28 heavy (non-hydrogen) atoms. The summed E-state index contributed by atoms with van der Waals surface area (Å²) in [6.07, 6.45) is 27.0. The van der Waals surface area contributed by atoms with E-state index in [1.54, 1.807) is 0 Å². The van der Waals surface area contributed by atoms with Gasteiger partial charge < -0.3 is 4.74 Å². The van der Waals surface area contributed by atoms with Gasteiger partial charge in [-0.3, -0.25) is 4.79 Å². The number of unbranched alkanes of at least 4 members (excludes halogenated alkanes) is 6. The molecule has 164 valence electrons. The van der Waals surface area contributed by atoms with Crippen LogP contribution >= 0.6 is 0 Å². The van der Waals surface area contributed by atoms with E-state index in [9.17, 15) is 4.79 Å². The van der Waals surface area contributed by atoms with Crippen molar-refractivity contribution in [1.29, 1.82) is 0 Å². The van der Waals surface area contributed by atoms with Crippen LogP contribution in [0.3, 0.4) is 0 Å². The minimum atomic E-state index is -0.00933. The first kappa shape index (κ1) is 25.2. The number of allylic oxidation sites excluding steroid dienone is 2. The van der Waals surface area contributed by atoms with Crippen LogP contribution in [0.1, 0.15) is 142 Å². The first-order valence-corrected chi connectivity index (χ1v) is 12.6. The number of rotatable bonds is 9. The van der Waals surface area contributed by atoms with E-state index in [0.29, 0.717) is 12.3 Å². The van der Waals surface area contributed by atoms with Crippen molar-refractivity contribution in [2.75, 3.05) is 0 Å². The Hall–Kier alpha value is -0.790. The third-order valence-electron chi connectivity index (χ3n) is 6.03. The molecule has 0 aromatic carbocycles. The predicted molar refractivity (Wildman–Crippen MR) is 121 cm³/mol. The fourth-order valence-corrected chi connectivity index (χ4v) is 4.17. The number of ether oxygens (including phenoxy) is 1. The summed E-state index contributed by atoms with van der Waals surface area (Å²) in [5.41, 5.74) is 0. The van der Waals surface area contributed by atoms with Crippen molar-refractivity contribution in [3.05, 3.63) is 11.8 Å². The lowest BCUT2D eigenvalue weighted by molar-refractivity contribution is -0.139. The van der Waals surface area contributed by atoms with Crippen molar-refractivity contribution in [1.82, 2.24) is 0 Å². The van der Waals surface area contributed by atoms with E-state index < -0.39 is 0 Å². The average molecular weight is 393 g/mol. The van der Waals surface area contributed by atoms with Crippen molar-refractivity contribution in [3.63, 3.8) is 0 Å². The van der Waals surface area contributed by atoms with Gasteiger partial charge in [-0.25, -0.2) is 0 Å². The molecule has 1 unspecified atom stereocenters. The molecule has 0 radical (unpaired) electrons. The van der Waals surface area contributed by atoms with Gasteiger partial charge in [-0.1, -0.05) is 110 Å². The van der Waals surface area contributed by atoms with E-state index in [1.807, 2.05) is 0 Å². The Morgan fingerprint density at radius 2 is 1.36 bits per heavy atom. The van der Waals surface area contributed by atoms with Crippen molar-refractivity contribution in [2.24, 2.45) is 5.92 Å². The van der Waals surface area contributed by atoms with Crippen molar-refractivity contribution in [2.45, 2.75) is 142 Å².